The standard InChI is InChI=1S/C41H89N3O16Si6/c1-61(2,3)55-34-31(29-45)52-40(38(59-65(13,14)15)36(34)57-63(7,8)9)54-41-39(60-66(16,17)18)37(58-64(10,11)12)35(56-62(4,5)6)32(53-41)30-51-33(46)19-21-47-23-25-49-27-28-50-26-24-48-22-20-43-44-42/h31-32,34-41,45H,19-30H2,1-18H3/t31-,32-,34-,35-,36+,37+,38-,39-,40-,41-/m1/s1. The molecule has 0 amide bonds. The Morgan fingerprint density at radius 2 is 0.833 bits per heavy atom. The van der Waals surface area contributed by atoms with Gasteiger partial charge in [-0.25, -0.2) is 0 Å². The second-order valence-electron chi connectivity index (χ2n) is 22.4. The molecule has 0 spiro atoms. The van der Waals surface area contributed by atoms with Crippen molar-refractivity contribution < 1.29 is 74.4 Å². The number of hydrogen-bond donors (Lipinski definition) is 1. The van der Waals surface area contributed by atoms with Gasteiger partial charge in [-0.1, -0.05) is 5.11 Å². The zero-order valence-corrected chi connectivity index (χ0v) is 49.7. The first-order valence-corrected chi connectivity index (χ1v) is 43.9. The summed E-state index contributed by atoms with van der Waals surface area (Å²) in [6, 6.07) is 0. The maximum absolute atomic E-state index is 13.3. The van der Waals surface area contributed by atoms with E-state index in [0.717, 1.165) is 0 Å². The van der Waals surface area contributed by atoms with Gasteiger partial charge in [0.1, 0.15) is 55.4 Å². The summed E-state index contributed by atoms with van der Waals surface area (Å²) in [6.45, 7) is 40.4. The Hall–Kier alpha value is -0.479. The minimum Gasteiger partial charge on any atom is -0.463 e. The van der Waals surface area contributed by atoms with Crippen LogP contribution in [0.2, 0.25) is 118 Å². The van der Waals surface area contributed by atoms with Crippen molar-refractivity contribution in [1.82, 2.24) is 0 Å². The van der Waals surface area contributed by atoms with Crippen molar-refractivity contribution in [3.63, 3.8) is 0 Å². The number of carbonyl (C=O) groups is 1. The maximum atomic E-state index is 13.3. The lowest BCUT2D eigenvalue weighted by atomic mass is 9.98. The van der Waals surface area contributed by atoms with Gasteiger partial charge in [0.05, 0.1) is 65.9 Å². The van der Waals surface area contributed by atoms with Crippen LogP contribution in [0.1, 0.15) is 6.42 Å². The molecule has 2 heterocycles. The molecule has 0 unspecified atom stereocenters. The smallest absolute Gasteiger partial charge is 0.308 e. The average Bonchev–Trinajstić information content (AvgIpc) is 3.14. The summed E-state index contributed by atoms with van der Waals surface area (Å²) in [5.41, 5.74) is 8.29. The molecule has 2 rings (SSSR count). The molecule has 388 valence electrons. The minimum atomic E-state index is -2.35. The second-order valence-corrected chi connectivity index (χ2v) is 49.2. The van der Waals surface area contributed by atoms with Crippen molar-refractivity contribution in [2.24, 2.45) is 5.11 Å². The summed E-state index contributed by atoms with van der Waals surface area (Å²) in [5.74, 6) is -0.466. The largest absolute Gasteiger partial charge is 0.463 e. The molecule has 1 N–H and O–H groups in total. The fourth-order valence-electron chi connectivity index (χ4n) is 6.96. The van der Waals surface area contributed by atoms with Crippen molar-refractivity contribution in [3.8, 4) is 0 Å². The lowest BCUT2D eigenvalue weighted by molar-refractivity contribution is -0.368. The van der Waals surface area contributed by atoms with E-state index < -0.39 is 117 Å². The van der Waals surface area contributed by atoms with Crippen molar-refractivity contribution in [2.75, 3.05) is 72.6 Å². The Bertz CT molecular complexity index is 1450. The zero-order chi connectivity index (χ0) is 50.1. The van der Waals surface area contributed by atoms with Gasteiger partial charge in [-0.15, -0.1) is 0 Å². The summed E-state index contributed by atoms with van der Waals surface area (Å²) in [5, 5.41) is 14.3. The topological polar surface area (TPSA) is 215 Å². The molecule has 10 atom stereocenters. The molecular formula is C41H89N3O16Si6. The molecule has 0 aromatic rings. The number of rotatable bonds is 32. The fraction of sp³-hybridized carbons (Fsp3) is 0.976. The first-order chi connectivity index (χ1) is 30.3. The molecule has 0 radical (unpaired) electrons. The van der Waals surface area contributed by atoms with Crippen LogP contribution in [0.4, 0.5) is 0 Å². The summed E-state index contributed by atoms with van der Waals surface area (Å²) < 4.78 is 90.3. The van der Waals surface area contributed by atoms with Crippen LogP contribution in [-0.4, -0.2) is 195 Å². The summed E-state index contributed by atoms with van der Waals surface area (Å²) in [4.78, 5) is 16.0. The highest BCUT2D eigenvalue weighted by Gasteiger charge is 2.57. The summed E-state index contributed by atoms with van der Waals surface area (Å²) >= 11 is 0. The van der Waals surface area contributed by atoms with Gasteiger partial charge in [-0.3, -0.25) is 4.79 Å². The van der Waals surface area contributed by atoms with Crippen LogP contribution >= 0.6 is 0 Å². The van der Waals surface area contributed by atoms with Gasteiger partial charge in [0.25, 0.3) is 0 Å². The van der Waals surface area contributed by atoms with Gasteiger partial charge in [-0.05, 0) is 123 Å². The van der Waals surface area contributed by atoms with Crippen LogP contribution in [0.3, 0.4) is 0 Å². The molecule has 0 saturated carbocycles. The highest BCUT2D eigenvalue weighted by atomic mass is 28.4. The van der Waals surface area contributed by atoms with Crippen LogP contribution in [0.25, 0.3) is 10.4 Å². The van der Waals surface area contributed by atoms with Gasteiger partial charge in [0.15, 0.2) is 62.5 Å². The number of aliphatic hydroxyl groups excluding tert-OH is 1. The monoisotopic (exact) mass is 1050 g/mol. The Morgan fingerprint density at radius 1 is 0.500 bits per heavy atom. The van der Waals surface area contributed by atoms with Gasteiger partial charge in [0.2, 0.25) is 0 Å². The normalized spacial score (nSPS) is 27.1. The van der Waals surface area contributed by atoms with E-state index in [9.17, 15) is 9.90 Å². The van der Waals surface area contributed by atoms with Crippen molar-refractivity contribution in [3.05, 3.63) is 10.4 Å². The van der Waals surface area contributed by atoms with Crippen molar-refractivity contribution >= 4 is 55.9 Å². The van der Waals surface area contributed by atoms with Gasteiger partial charge < -0.3 is 69.6 Å². The quantitative estimate of drug-likeness (QED) is 0.0178. The molecule has 2 saturated heterocycles. The van der Waals surface area contributed by atoms with Crippen molar-refractivity contribution in [2.45, 2.75) is 186 Å². The summed E-state index contributed by atoms with van der Waals surface area (Å²) in [7, 11) is -13.8. The average molecular weight is 1050 g/mol. The van der Waals surface area contributed by atoms with Crippen LogP contribution in [0.15, 0.2) is 5.11 Å². The van der Waals surface area contributed by atoms with E-state index in [0.29, 0.717) is 46.2 Å². The van der Waals surface area contributed by atoms with E-state index in [1.807, 2.05) is 0 Å². The second kappa shape index (κ2) is 27.9. The fourth-order valence-corrected chi connectivity index (χ4v) is 13.5. The number of nitrogens with zero attached hydrogens (tertiary/aromatic N) is 3. The number of esters is 1. The molecule has 0 bridgehead atoms. The Balaban J connectivity index is 2.38. The van der Waals surface area contributed by atoms with Crippen LogP contribution in [-0.2, 0) is 69.2 Å². The van der Waals surface area contributed by atoms with Gasteiger partial charge in [-0.2, -0.15) is 0 Å². The number of aliphatic hydroxyl groups is 1. The third kappa shape index (κ3) is 26.1. The zero-order valence-electron chi connectivity index (χ0n) is 43.7. The number of azide groups is 1. The number of ether oxygens (including phenoxy) is 8. The predicted octanol–water partition coefficient (Wildman–Crippen LogP) is 7.08. The maximum Gasteiger partial charge on any atom is 0.308 e. The lowest BCUT2D eigenvalue weighted by Crippen LogP contribution is -2.69. The molecule has 66 heavy (non-hydrogen) atoms. The van der Waals surface area contributed by atoms with E-state index in [1.165, 1.54) is 0 Å². The third-order valence-electron chi connectivity index (χ3n) is 8.94. The third-order valence-corrected chi connectivity index (χ3v) is 14.8. The van der Waals surface area contributed by atoms with Crippen LogP contribution in [0.5, 0.6) is 0 Å². The molecule has 2 fully saturated rings. The molecule has 0 aromatic heterocycles. The molecule has 2 aliphatic heterocycles. The Kier molecular flexibility index (Phi) is 26.1. The molecule has 25 heteroatoms. The minimum absolute atomic E-state index is 0.0124. The summed E-state index contributed by atoms with van der Waals surface area (Å²) in [6.07, 6.45) is -7.87. The highest BCUT2D eigenvalue weighted by molar-refractivity contribution is 6.71. The SMILES string of the molecule is C[Si](C)(C)O[C@@H]1[C@@H](O[Si](C)(C)C)[C@@H](O[C@H]2O[C@H](COC(=O)CCOCCOCCOCCOCCN=[N+]=[N-])[C@@H](O[Si](C)(C)C)[C@H](O[Si](C)(C)C)[C@H]2O[Si](C)(C)C)O[C@H](CO)[C@H]1O[Si](C)(C)C. The Labute approximate surface area is 402 Å². The molecule has 2 aliphatic rings. The number of carbonyl (C=O) groups excluding carboxylic acids is 1. The van der Waals surface area contributed by atoms with Crippen LogP contribution in [0, 0.1) is 0 Å². The van der Waals surface area contributed by atoms with E-state index in [-0.39, 0.29) is 32.8 Å². The highest BCUT2D eigenvalue weighted by Crippen LogP contribution is 2.39. The first kappa shape index (κ1) is 61.6. The lowest BCUT2D eigenvalue weighted by Gasteiger charge is -2.53. The number of hydrogen-bond acceptors (Lipinski definition) is 17. The van der Waals surface area contributed by atoms with E-state index in [4.69, 9.17) is 70.0 Å². The van der Waals surface area contributed by atoms with Crippen molar-refractivity contribution in [1.29, 1.82) is 0 Å². The van der Waals surface area contributed by atoms with Crippen LogP contribution < -0.4 is 0 Å². The van der Waals surface area contributed by atoms with E-state index >= 15 is 0 Å². The first-order valence-electron chi connectivity index (χ1n) is 23.4. The van der Waals surface area contributed by atoms with E-state index in [1.54, 1.807) is 0 Å². The molecule has 0 aromatic carbocycles. The molecule has 0 aliphatic carbocycles. The molecule has 19 nitrogen and oxygen atoms in total. The van der Waals surface area contributed by atoms with Gasteiger partial charge in [0, 0.05) is 11.5 Å². The van der Waals surface area contributed by atoms with Gasteiger partial charge >= 0.3 is 5.97 Å². The van der Waals surface area contributed by atoms with E-state index in [2.05, 4.69) is 128 Å². The Morgan fingerprint density at radius 3 is 1.21 bits per heavy atom. The predicted molar refractivity (Wildman–Crippen MR) is 268 cm³/mol. The molecular weight excluding hydrogens is 959 g/mol.